The van der Waals surface area contributed by atoms with Crippen LogP contribution in [0.5, 0.6) is 0 Å². The lowest BCUT2D eigenvalue weighted by Gasteiger charge is -2.29. The first kappa shape index (κ1) is 13.8. The van der Waals surface area contributed by atoms with E-state index in [1.54, 1.807) is 17.1 Å². The van der Waals surface area contributed by atoms with Gasteiger partial charge in [-0.15, -0.1) is 0 Å². The van der Waals surface area contributed by atoms with Gasteiger partial charge in [0.05, 0.1) is 11.9 Å². The zero-order chi connectivity index (χ0) is 14.7. The fraction of sp³-hybridized carbons (Fsp3) is 0.500. The van der Waals surface area contributed by atoms with Crippen molar-refractivity contribution in [2.75, 3.05) is 10.6 Å². The molecule has 1 aliphatic rings. The van der Waals surface area contributed by atoms with Gasteiger partial charge in [-0.3, -0.25) is 4.68 Å². The average molecular weight is 287 g/mol. The molecule has 2 atom stereocenters. The van der Waals surface area contributed by atoms with Gasteiger partial charge in [-0.2, -0.15) is 10.1 Å². The van der Waals surface area contributed by atoms with Crippen molar-refractivity contribution < 1.29 is 0 Å². The van der Waals surface area contributed by atoms with Crippen LogP contribution in [0, 0.1) is 0 Å². The summed E-state index contributed by atoms with van der Waals surface area (Å²) in [5.74, 6) is 1.36. The molecule has 0 radical (unpaired) electrons. The van der Waals surface area contributed by atoms with Crippen molar-refractivity contribution in [1.82, 2.24) is 19.7 Å². The van der Waals surface area contributed by atoms with Gasteiger partial charge in [0.25, 0.3) is 0 Å². The molecular formula is C14H21N7. The second kappa shape index (κ2) is 6.09. The Morgan fingerprint density at radius 1 is 1.33 bits per heavy atom. The molecule has 21 heavy (non-hydrogen) atoms. The first-order chi connectivity index (χ1) is 10.2. The van der Waals surface area contributed by atoms with Crippen molar-refractivity contribution in [2.24, 2.45) is 12.8 Å². The van der Waals surface area contributed by atoms with Crippen molar-refractivity contribution in [3.8, 4) is 0 Å². The number of nitrogens with zero attached hydrogens (tertiary/aromatic N) is 4. The minimum absolute atomic E-state index is 0.178. The summed E-state index contributed by atoms with van der Waals surface area (Å²) < 4.78 is 1.74. The number of rotatable bonds is 4. The quantitative estimate of drug-likeness (QED) is 0.791. The fourth-order valence-corrected chi connectivity index (χ4v) is 2.64. The van der Waals surface area contributed by atoms with E-state index in [1.165, 1.54) is 12.8 Å². The lowest BCUT2D eigenvalue weighted by Crippen LogP contribution is -2.42. The fourth-order valence-electron chi connectivity index (χ4n) is 2.64. The zero-order valence-corrected chi connectivity index (χ0v) is 12.2. The highest BCUT2D eigenvalue weighted by Gasteiger charge is 2.22. The van der Waals surface area contributed by atoms with Gasteiger partial charge >= 0.3 is 0 Å². The third kappa shape index (κ3) is 3.49. The molecule has 0 saturated heterocycles. The van der Waals surface area contributed by atoms with Crippen molar-refractivity contribution in [3.05, 3.63) is 24.7 Å². The summed E-state index contributed by atoms with van der Waals surface area (Å²) in [6, 6.07) is 2.27. The van der Waals surface area contributed by atoms with E-state index in [1.807, 2.05) is 19.3 Å². The Balaban J connectivity index is 1.67. The number of hydrogen-bond donors (Lipinski definition) is 3. The molecule has 4 N–H and O–H groups in total. The summed E-state index contributed by atoms with van der Waals surface area (Å²) >= 11 is 0. The predicted octanol–water partition coefficient (Wildman–Crippen LogP) is 1.64. The molecule has 0 aliphatic heterocycles. The van der Waals surface area contributed by atoms with Gasteiger partial charge in [0.2, 0.25) is 5.95 Å². The molecule has 7 heteroatoms. The molecule has 0 bridgehead atoms. The van der Waals surface area contributed by atoms with Crippen molar-refractivity contribution >= 4 is 17.5 Å². The summed E-state index contributed by atoms with van der Waals surface area (Å²) in [5.41, 5.74) is 7.05. The molecule has 112 valence electrons. The molecule has 1 aliphatic carbocycles. The number of nitrogens with one attached hydrogen (secondary N) is 2. The van der Waals surface area contributed by atoms with Crippen molar-refractivity contribution in [2.45, 2.75) is 37.8 Å². The van der Waals surface area contributed by atoms with Gasteiger partial charge in [0, 0.05) is 31.5 Å². The molecule has 3 rings (SSSR count). The highest BCUT2D eigenvalue weighted by molar-refractivity contribution is 5.54. The Morgan fingerprint density at radius 3 is 2.95 bits per heavy atom. The number of aromatic nitrogens is 4. The van der Waals surface area contributed by atoms with Crippen LogP contribution in [0.15, 0.2) is 24.7 Å². The number of aryl methyl sites for hydroxylation is 1. The third-order valence-electron chi connectivity index (χ3n) is 3.77. The van der Waals surface area contributed by atoms with Crippen LogP contribution in [0.4, 0.5) is 17.5 Å². The number of anilines is 3. The maximum atomic E-state index is 6.15. The molecule has 0 spiro atoms. The number of hydrogen-bond acceptors (Lipinski definition) is 6. The van der Waals surface area contributed by atoms with Crippen LogP contribution in [-0.4, -0.2) is 31.8 Å². The highest BCUT2D eigenvalue weighted by atomic mass is 15.3. The largest absolute Gasteiger partial charge is 0.350 e. The Labute approximate surface area is 124 Å². The predicted molar refractivity (Wildman–Crippen MR) is 82.4 cm³/mol. The average Bonchev–Trinajstić information content (AvgIpc) is 2.87. The van der Waals surface area contributed by atoms with Gasteiger partial charge < -0.3 is 16.4 Å². The molecule has 2 aromatic heterocycles. The van der Waals surface area contributed by atoms with E-state index >= 15 is 0 Å². The van der Waals surface area contributed by atoms with E-state index in [9.17, 15) is 0 Å². The minimum atomic E-state index is 0.178. The van der Waals surface area contributed by atoms with Gasteiger partial charge in [0.15, 0.2) is 0 Å². The monoisotopic (exact) mass is 287 g/mol. The van der Waals surface area contributed by atoms with Crippen molar-refractivity contribution in [3.63, 3.8) is 0 Å². The minimum Gasteiger partial charge on any atom is -0.350 e. The van der Waals surface area contributed by atoms with Crippen LogP contribution >= 0.6 is 0 Å². The summed E-state index contributed by atoms with van der Waals surface area (Å²) in [7, 11) is 1.88. The van der Waals surface area contributed by atoms with Gasteiger partial charge in [-0.05, 0) is 18.9 Å². The summed E-state index contributed by atoms with van der Waals surface area (Å²) in [4.78, 5) is 8.76. The third-order valence-corrected chi connectivity index (χ3v) is 3.77. The zero-order valence-electron chi connectivity index (χ0n) is 12.2. The van der Waals surface area contributed by atoms with Crippen LogP contribution in [0.2, 0.25) is 0 Å². The Bertz CT molecular complexity index is 595. The van der Waals surface area contributed by atoms with E-state index in [4.69, 9.17) is 5.73 Å². The summed E-state index contributed by atoms with van der Waals surface area (Å²) in [6.45, 7) is 0. The number of nitrogens with two attached hydrogens (primary N) is 1. The van der Waals surface area contributed by atoms with E-state index in [-0.39, 0.29) is 12.1 Å². The standard InChI is InChI=1S/C14H21N7/c1-21-9-10(8-17-21)18-13-6-7-16-14(20-13)19-12-5-3-2-4-11(12)15/h6-9,11-12H,2-5,15H2,1H3,(H2,16,18,19,20)/t11-,12+/m0/s1. The van der Waals surface area contributed by atoms with Crippen LogP contribution in [0.3, 0.4) is 0 Å². The van der Waals surface area contributed by atoms with Gasteiger partial charge in [0.1, 0.15) is 5.82 Å². The molecular weight excluding hydrogens is 266 g/mol. The Hall–Kier alpha value is -2.15. The molecule has 2 heterocycles. The van der Waals surface area contributed by atoms with Crippen LogP contribution in [-0.2, 0) is 7.05 Å². The van der Waals surface area contributed by atoms with E-state index in [2.05, 4.69) is 25.7 Å². The van der Waals surface area contributed by atoms with Crippen LogP contribution in [0.25, 0.3) is 0 Å². The second-order valence-corrected chi connectivity index (χ2v) is 5.49. The maximum Gasteiger partial charge on any atom is 0.224 e. The summed E-state index contributed by atoms with van der Waals surface area (Å²) in [6.07, 6.45) is 9.94. The smallest absolute Gasteiger partial charge is 0.224 e. The lowest BCUT2D eigenvalue weighted by atomic mass is 9.91. The topological polar surface area (TPSA) is 93.7 Å². The molecule has 0 unspecified atom stereocenters. The molecule has 0 amide bonds. The van der Waals surface area contributed by atoms with Crippen molar-refractivity contribution in [1.29, 1.82) is 0 Å². The molecule has 1 fully saturated rings. The first-order valence-corrected chi connectivity index (χ1v) is 7.31. The second-order valence-electron chi connectivity index (χ2n) is 5.49. The highest BCUT2D eigenvalue weighted by Crippen LogP contribution is 2.20. The summed E-state index contributed by atoms with van der Waals surface area (Å²) in [5, 5.41) is 10.7. The molecule has 2 aromatic rings. The Morgan fingerprint density at radius 2 is 2.19 bits per heavy atom. The Kier molecular flexibility index (Phi) is 4.01. The SMILES string of the molecule is Cn1cc(Nc2ccnc(N[C@@H]3CCCC[C@@H]3N)n2)cn1. The first-order valence-electron chi connectivity index (χ1n) is 7.31. The maximum absolute atomic E-state index is 6.15. The lowest BCUT2D eigenvalue weighted by molar-refractivity contribution is 0.402. The van der Waals surface area contributed by atoms with Crippen LogP contribution < -0.4 is 16.4 Å². The normalized spacial score (nSPS) is 22.0. The van der Waals surface area contributed by atoms with Gasteiger partial charge in [-0.1, -0.05) is 12.8 Å². The molecule has 0 aromatic carbocycles. The van der Waals surface area contributed by atoms with E-state index in [0.717, 1.165) is 24.3 Å². The van der Waals surface area contributed by atoms with E-state index < -0.39 is 0 Å². The van der Waals surface area contributed by atoms with Crippen LogP contribution in [0.1, 0.15) is 25.7 Å². The molecule has 7 nitrogen and oxygen atoms in total. The molecule has 1 saturated carbocycles. The van der Waals surface area contributed by atoms with Gasteiger partial charge in [-0.25, -0.2) is 4.98 Å². The van der Waals surface area contributed by atoms with E-state index in [0.29, 0.717) is 5.95 Å².